The average Bonchev–Trinajstić information content (AvgIpc) is 2.86. The van der Waals surface area contributed by atoms with Gasteiger partial charge in [-0.3, -0.25) is 14.4 Å². The van der Waals surface area contributed by atoms with E-state index in [2.05, 4.69) is 21.2 Å². The largest absolute Gasteiger partial charge is 0.484 e. The second kappa shape index (κ2) is 12.1. The number of hydrogen-bond acceptors (Lipinski definition) is 5. The summed E-state index contributed by atoms with van der Waals surface area (Å²) in [7, 11) is 0. The normalized spacial score (nSPS) is 10.6. The molecule has 3 amide bonds. The molecule has 0 aromatic heterocycles. The van der Waals surface area contributed by atoms with Gasteiger partial charge in [-0.05, 0) is 72.9 Å². The number of anilines is 2. The van der Waals surface area contributed by atoms with Gasteiger partial charge in [0.25, 0.3) is 5.91 Å². The summed E-state index contributed by atoms with van der Waals surface area (Å²) in [5.74, 6) is -1.42. The molecular weight excluding hydrogens is 444 g/mol. The van der Waals surface area contributed by atoms with E-state index in [0.29, 0.717) is 17.0 Å². The molecule has 0 radical (unpaired) electrons. The molecule has 0 saturated carbocycles. The van der Waals surface area contributed by atoms with Gasteiger partial charge in [0.05, 0.1) is 6.21 Å². The maximum atomic E-state index is 12.2. The van der Waals surface area contributed by atoms with Crippen LogP contribution in [0.15, 0.2) is 71.8 Å². The van der Waals surface area contributed by atoms with E-state index in [-0.39, 0.29) is 12.5 Å². The van der Waals surface area contributed by atoms with Crippen LogP contribution in [0, 0.1) is 13.8 Å². The predicted molar refractivity (Wildman–Crippen MR) is 137 cm³/mol. The average molecular weight is 473 g/mol. The first-order chi connectivity index (χ1) is 16.9. The van der Waals surface area contributed by atoms with Crippen molar-refractivity contribution in [2.45, 2.75) is 27.2 Å². The third-order valence-electron chi connectivity index (χ3n) is 5.23. The zero-order valence-corrected chi connectivity index (χ0v) is 19.9. The van der Waals surface area contributed by atoms with Crippen molar-refractivity contribution >= 4 is 35.3 Å². The Hall–Kier alpha value is -4.46. The zero-order valence-electron chi connectivity index (χ0n) is 19.9. The molecule has 0 bridgehead atoms. The molecule has 3 aromatic carbocycles. The van der Waals surface area contributed by atoms with Crippen molar-refractivity contribution in [1.29, 1.82) is 0 Å². The number of amides is 3. The number of aryl methyl sites for hydroxylation is 3. The van der Waals surface area contributed by atoms with Crippen molar-refractivity contribution < 1.29 is 19.1 Å². The van der Waals surface area contributed by atoms with E-state index >= 15 is 0 Å². The van der Waals surface area contributed by atoms with Crippen molar-refractivity contribution in [2.75, 3.05) is 17.2 Å². The van der Waals surface area contributed by atoms with Crippen LogP contribution in [0.4, 0.5) is 11.4 Å². The highest BCUT2D eigenvalue weighted by atomic mass is 16.5. The zero-order chi connectivity index (χ0) is 25.2. The number of rotatable bonds is 8. The molecule has 0 heterocycles. The molecule has 8 nitrogen and oxygen atoms in total. The highest BCUT2D eigenvalue weighted by molar-refractivity contribution is 6.39. The summed E-state index contributed by atoms with van der Waals surface area (Å²) < 4.78 is 5.55. The predicted octanol–water partition coefficient (Wildman–Crippen LogP) is 3.97. The van der Waals surface area contributed by atoms with E-state index in [4.69, 9.17) is 4.74 Å². The summed E-state index contributed by atoms with van der Waals surface area (Å²) in [5, 5.41) is 9.28. The first-order valence-electron chi connectivity index (χ1n) is 11.2. The van der Waals surface area contributed by atoms with Gasteiger partial charge < -0.3 is 15.4 Å². The van der Waals surface area contributed by atoms with E-state index in [1.54, 1.807) is 36.4 Å². The van der Waals surface area contributed by atoms with E-state index in [9.17, 15) is 14.4 Å². The van der Waals surface area contributed by atoms with Crippen LogP contribution in [0.1, 0.15) is 29.2 Å². The van der Waals surface area contributed by atoms with Gasteiger partial charge in [-0.15, -0.1) is 0 Å². The number of nitrogens with zero attached hydrogens (tertiary/aromatic N) is 1. The number of benzene rings is 3. The van der Waals surface area contributed by atoms with E-state index in [1.165, 1.54) is 6.21 Å². The van der Waals surface area contributed by atoms with Crippen molar-refractivity contribution in [1.82, 2.24) is 5.43 Å². The van der Waals surface area contributed by atoms with Crippen LogP contribution in [-0.4, -0.2) is 30.5 Å². The molecule has 35 heavy (non-hydrogen) atoms. The third kappa shape index (κ3) is 7.26. The second-order valence-electron chi connectivity index (χ2n) is 7.84. The number of hydrogen-bond donors (Lipinski definition) is 3. The molecule has 0 fully saturated rings. The molecule has 180 valence electrons. The molecule has 3 N–H and O–H groups in total. The molecule has 8 heteroatoms. The topological polar surface area (TPSA) is 109 Å². The van der Waals surface area contributed by atoms with Gasteiger partial charge in [-0.2, -0.15) is 5.10 Å². The van der Waals surface area contributed by atoms with Crippen LogP contribution in [0.25, 0.3) is 0 Å². The number of ether oxygens (including phenoxy) is 1. The lowest BCUT2D eigenvalue weighted by molar-refractivity contribution is -0.136. The van der Waals surface area contributed by atoms with E-state index in [1.807, 2.05) is 51.1 Å². The van der Waals surface area contributed by atoms with Gasteiger partial charge in [0.1, 0.15) is 5.75 Å². The van der Waals surface area contributed by atoms with E-state index < -0.39 is 11.8 Å². The Bertz CT molecular complexity index is 1220. The minimum absolute atomic E-state index is 0.131. The molecule has 0 aliphatic carbocycles. The number of hydrazone groups is 1. The van der Waals surface area contributed by atoms with Crippen LogP contribution in [0.5, 0.6) is 5.75 Å². The quantitative estimate of drug-likeness (QED) is 0.262. The van der Waals surface area contributed by atoms with Crippen molar-refractivity contribution in [2.24, 2.45) is 5.10 Å². The summed E-state index contributed by atoms with van der Waals surface area (Å²) in [6, 6.07) is 19.9. The maximum absolute atomic E-state index is 12.2. The molecule has 0 aliphatic rings. The highest BCUT2D eigenvalue weighted by Gasteiger charge is 2.14. The Morgan fingerprint density at radius 3 is 2.23 bits per heavy atom. The third-order valence-corrected chi connectivity index (χ3v) is 5.23. The van der Waals surface area contributed by atoms with Gasteiger partial charge >= 0.3 is 11.8 Å². The van der Waals surface area contributed by atoms with Crippen LogP contribution >= 0.6 is 0 Å². The number of nitrogens with one attached hydrogen (secondary N) is 3. The number of para-hydroxylation sites is 2. The minimum atomic E-state index is -0.873. The van der Waals surface area contributed by atoms with Crippen LogP contribution < -0.4 is 20.8 Å². The maximum Gasteiger partial charge on any atom is 0.329 e. The summed E-state index contributed by atoms with van der Waals surface area (Å²) in [5.41, 5.74) is 7.17. The lowest BCUT2D eigenvalue weighted by Crippen LogP contribution is -2.32. The SMILES string of the molecule is CCc1ccccc1NC(=O)C(=O)N/N=C\c1ccc(OCC(=O)Nc2c(C)cccc2C)cc1. The molecule has 0 atom stereocenters. The Morgan fingerprint density at radius 2 is 1.54 bits per heavy atom. The van der Waals surface area contributed by atoms with Crippen molar-refractivity contribution in [3.05, 3.63) is 89.0 Å². The number of carbonyl (C=O) groups excluding carboxylic acids is 3. The van der Waals surface area contributed by atoms with E-state index in [0.717, 1.165) is 28.8 Å². The molecular formula is C27H28N4O4. The van der Waals surface area contributed by atoms with Gasteiger partial charge in [0.15, 0.2) is 6.61 Å². The molecule has 0 saturated heterocycles. The smallest absolute Gasteiger partial charge is 0.329 e. The summed E-state index contributed by atoms with van der Waals surface area (Å²) in [6.07, 6.45) is 2.13. The fourth-order valence-corrected chi connectivity index (χ4v) is 3.33. The van der Waals surface area contributed by atoms with Gasteiger partial charge in [-0.25, -0.2) is 5.43 Å². The standard InChI is InChI=1S/C27H28N4O4/c1-4-21-10-5-6-11-23(21)29-26(33)27(34)31-28-16-20-12-14-22(15-13-20)35-17-24(32)30-25-18(2)8-7-9-19(25)3/h5-16H,4,17H2,1-3H3,(H,29,33)(H,30,32)(H,31,34)/b28-16-. The molecule has 3 rings (SSSR count). The van der Waals surface area contributed by atoms with Crippen LogP contribution in [0.2, 0.25) is 0 Å². The highest BCUT2D eigenvalue weighted by Crippen LogP contribution is 2.19. The Labute approximate surface area is 204 Å². The van der Waals surface area contributed by atoms with Gasteiger partial charge in [0.2, 0.25) is 0 Å². The molecule has 0 aliphatic heterocycles. The van der Waals surface area contributed by atoms with Crippen LogP contribution in [-0.2, 0) is 20.8 Å². The van der Waals surface area contributed by atoms with Crippen molar-refractivity contribution in [3.63, 3.8) is 0 Å². The molecule has 0 unspecified atom stereocenters. The fraction of sp³-hybridized carbons (Fsp3) is 0.185. The first kappa shape index (κ1) is 25.2. The lowest BCUT2D eigenvalue weighted by Gasteiger charge is -2.12. The summed E-state index contributed by atoms with van der Waals surface area (Å²) >= 11 is 0. The molecule has 0 spiro atoms. The summed E-state index contributed by atoms with van der Waals surface area (Å²) in [6.45, 7) is 5.70. The Kier molecular flexibility index (Phi) is 8.72. The monoisotopic (exact) mass is 472 g/mol. The van der Waals surface area contributed by atoms with Crippen molar-refractivity contribution in [3.8, 4) is 5.75 Å². The lowest BCUT2D eigenvalue weighted by atomic mass is 10.1. The van der Waals surface area contributed by atoms with Crippen LogP contribution in [0.3, 0.4) is 0 Å². The summed E-state index contributed by atoms with van der Waals surface area (Å²) in [4.78, 5) is 36.4. The Balaban J connectivity index is 1.46. The first-order valence-corrected chi connectivity index (χ1v) is 11.2. The molecule has 3 aromatic rings. The fourth-order valence-electron chi connectivity index (χ4n) is 3.33. The number of carbonyl (C=O) groups is 3. The minimum Gasteiger partial charge on any atom is -0.484 e. The van der Waals surface area contributed by atoms with Gasteiger partial charge in [-0.1, -0.05) is 43.3 Å². The Morgan fingerprint density at radius 1 is 0.857 bits per heavy atom. The second-order valence-corrected chi connectivity index (χ2v) is 7.84. The van der Waals surface area contributed by atoms with Gasteiger partial charge in [0, 0.05) is 11.4 Å².